The van der Waals surface area contributed by atoms with Crippen molar-refractivity contribution in [1.82, 2.24) is 14.8 Å². The van der Waals surface area contributed by atoms with Gasteiger partial charge < -0.3 is 10.6 Å². The van der Waals surface area contributed by atoms with E-state index in [1.807, 2.05) is 6.07 Å². The van der Waals surface area contributed by atoms with Gasteiger partial charge in [0.15, 0.2) is 0 Å². The Morgan fingerprint density at radius 1 is 1.03 bits per heavy atom. The lowest BCUT2D eigenvalue weighted by molar-refractivity contribution is -0.0725. The summed E-state index contributed by atoms with van der Waals surface area (Å²) in [6.07, 6.45) is 15.5. The molecule has 5 nitrogen and oxygen atoms in total. The number of nitrogens with zero attached hydrogens (tertiary/aromatic N) is 3. The first-order chi connectivity index (χ1) is 14.2. The Balaban J connectivity index is 1.36. The van der Waals surface area contributed by atoms with Gasteiger partial charge in [-0.25, -0.2) is 4.98 Å². The number of carbonyl (C=O) groups is 1. The third kappa shape index (κ3) is 3.90. The number of aromatic nitrogens is 1. The summed E-state index contributed by atoms with van der Waals surface area (Å²) in [6.45, 7) is 3.11. The summed E-state index contributed by atoms with van der Waals surface area (Å²) in [5.74, 6) is 2.80. The lowest BCUT2D eigenvalue weighted by atomic mass is 9.69. The molecule has 3 aliphatic heterocycles. The minimum Gasteiger partial charge on any atom is -0.384 e. The number of likely N-dealkylation sites (tertiary alicyclic amines) is 1. The zero-order valence-corrected chi connectivity index (χ0v) is 17.6. The van der Waals surface area contributed by atoms with E-state index in [0.717, 1.165) is 19.0 Å². The molecule has 0 spiro atoms. The number of carbonyl (C=O) groups excluding carboxylic acids is 1. The number of hydrogen-bond acceptors (Lipinski definition) is 4. The van der Waals surface area contributed by atoms with Crippen molar-refractivity contribution in [3.8, 4) is 0 Å². The second kappa shape index (κ2) is 8.25. The fourth-order valence-electron chi connectivity index (χ4n) is 6.88. The van der Waals surface area contributed by atoms with Gasteiger partial charge >= 0.3 is 0 Å². The molecule has 29 heavy (non-hydrogen) atoms. The van der Waals surface area contributed by atoms with Gasteiger partial charge in [0.1, 0.15) is 5.82 Å². The highest BCUT2D eigenvalue weighted by atomic mass is 16.2. The van der Waals surface area contributed by atoms with E-state index in [4.69, 9.17) is 5.73 Å². The molecule has 4 aliphatic rings. The summed E-state index contributed by atoms with van der Waals surface area (Å²) in [6, 6.07) is 4.95. The Kier molecular flexibility index (Phi) is 5.51. The van der Waals surface area contributed by atoms with Gasteiger partial charge in [-0.2, -0.15) is 0 Å². The molecular formula is C24H36N4O. The van der Waals surface area contributed by atoms with Crippen LogP contribution in [-0.4, -0.2) is 52.4 Å². The summed E-state index contributed by atoms with van der Waals surface area (Å²) in [4.78, 5) is 22.4. The number of pyridine rings is 1. The molecule has 0 unspecified atom stereocenters. The van der Waals surface area contributed by atoms with Crippen LogP contribution in [0.5, 0.6) is 0 Å². The van der Waals surface area contributed by atoms with Crippen molar-refractivity contribution >= 4 is 11.7 Å². The second-order valence-corrected chi connectivity index (χ2v) is 10.0. The summed E-state index contributed by atoms with van der Waals surface area (Å²) in [7, 11) is 0. The molecule has 0 aromatic carbocycles. The number of rotatable bonds is 3. The summed E-state index contributed by atoms with van der Waals surface area (Å²) in [5, 5.41) is 0. The molecule has 1 saturated carbocycles. The Morgan fingerprint density at radius 2 is 1.83 bits per heavy atom. The Morgan fingerprint density at radius 3 is 2.62 bits per heavy atom. The molecule has 2 bridgehead atoms. The molecule has 1 aromatic heterocycles. The molecule has 4 heterocycles. The number of piperidine rings is 3. The molecule has 3 saturated heterocycles. The molecule has 2 N–H and O–H groups in total. The van der Waals surface area contributed by atoms with E-state index in [0.29, 0.717) is 35.3 Å². The molecule has 1 aliphatic carbocycles. The van der Waals surface area contributed by atoms with Gasteiger partial charge in [-0.05, 0) is 62.1 Å². The first-order valence-electron chi connectivity index (χ1n) is 12.0. The van der Waals surface area contributed by atoms with Gasteiger partial charge in [0.05, 0.1) is 5.56 Å². The van der Waals surface area contributed by atoms with Gasteiger partial charge in [0.2, 0.25) is 0 Å². The second-order valence-electron chi connectivity index (χ2n) is 10.0. The monoisotopic (exact) mass is 396 g/mol. The highest BCUT2D eigenvalue weighted by molar-refractivity contribution is 5.94. The molecule has 5 heteroatoms. The smallest absolute Gasteiger partial charge is 0.255 e. The van der Waals surface area contributed by atoms with E-state index in [9.17, 15) is 4.79 Å². The van der Waals surface area contributed by atoms with Crippen LogP contribution < -0.4 is 5.73 Å². The number of anilines is 1. The van der Waals surface area contributed by atoms with Crippen molar-refractivity contribution in [3.05, 3.63) is 23.9 Å². The van der Waals surface area contributed by atoms with Crippen LogP contribution in [0.15, 0.2) is 18.3 Å². The minimum atomic E-state index is 0.146. The first kappa shape index (κ1) is 19.3. The number of nitrogens with two attached hydrogens (primary N) is 1. The zero-order chi connectivity index (χ0) is 19.8. The van der Waals surface area contributed by atoms with Crippen molar-refractivity contribution in [1.29, 1.82) is 0 Å². The van der Waals surface area contributed by atoms with Crippen LogP contribution in [0, 0.1) is 17.8 Å². The average Bonchev–Trinajstić information content (AvgIpc) is 2.77. The Bertz CT molecular complexity index is 714. The summed E-state index contributed by atoms with van der Waals surface area (Å²) in [5.41, 5.74) is 6.40. The van der Waals surface area contributed by atoms with Crippen LogP contribution in [0.3, 0.4) is 0 Å². The molecule has 4 atom stereocenters. The van der Waals surface area contributed by atoms with Crippen molar-refractivity contribution in [2.45, 2.75) is 76.3 Å². The number of nitrogen functional groups attached to an aromatic ring is 1. The highest BCUT2D eigenvalue weighted by Gasteiger charge is 2.48. The van der Waals surface area contributed by atoms with Crippen LogP contribution >= 0.6 is 0 Å². The average molecular weight is 397 g/mol. The van der Waals surface area contributed by atoms with E-state index < -0.39 is 0 Å². The fourth-order valence-corrected chi connectivity index (χ4v) is 6.88. The number of fused-ring (bicyclic) bond motifs is 4. The van der Waals surface area contributed by atoms with Crippen LogP contribution in [0.1, 0.15) is 74.6 Å². The van der Waals surface area contributed by atoms with Crippen molar-refractivity contribution < 1.29 is 4.79 Å². The van der Waals surface area contributed by atoms with Crippen LogP contribution in [0.25, 0.3) is 0 Å². The largest absolute Gasteiger partial charge is 0.384 e. The third-order valence-corrected chi connectivity index (χ3v) is 8.24. The maximum Gasteiger partial charge on any atom is 0.255 e. The van der Waals surface area contributed by atoms with Crippen molar-refractivity contribution in [2.75, 3.05) is 25.4 Å². The van der Waals surface area contributed by atoms with Crippen molar-refractivity contribution in [3.63, 3.8) is 0 Å². The van der Waals surface area contributed by atoms with Gasteiger partial charge in [-0.3, -0.25) is 9.69 Å². The third-order valence-electron chi connectivity index (χ3n) is 8.24. The number of amides is 1. The number of hydrogen-bond donors (Lipinski definition) is 1. The molecule has 4 fully saturated rings. The summed E-state index contributed by atoms with van der Waals surface area (Å²) < 4.78 is 0. The van der Waals surface area contributed by atoms with E-state index in [1.165, 1.54) is 70.8 Å². The topological polar surface area (TPSA) is 62.5 Å². The van der Waals surface area contributed by atoms with Crippen LogP contribution in [0.2, 0.25) is 0 Å². The molecular weight excluding hydrogens is 360 g/mol. The van der Waals surface area contributed by atoms with E-state index in [1.54, 1.807) is 12.3 Å². The lowest BCUT2D eigenvalue weighted by Gasteiger charge is -2.57. The Labute approximate surface area is 175 Å². The minimum absolute atomic E-state index is 0.146. The fraction of sp³-hybridized carbons (Fsp3) is 0.750. The van der Waals surface area contributed by atoms with E-state index in [2.05, 4.69) is 14.8 Å². The van der Waals surface area contributed by atoms with Crippen molar-refractivity contribution in [2.24, 2.45) is 17.8 Å². The quantitative estimate of drug-likeness (QED) is 0.840. The molecule has 0 radical (unpaired) electrons. The maximum atomic E-state index is 13.2. The molecule has 158 valence electrons. The standard InChI is InChI=1S/C24H36N4O/c25-23-10-9-18(14-26-23)24(29)27-15-19-13-20(16-27)22(12-17-6-2-1-3-7-17)28-11-5-4-8-21(19)28/h9-10,14,17,19-22H,1-8,11-13,15-16H2,(H2,25,26)/t19-,20+,21+,22+/m1/s1. The highest BCUT2D eigenvalue weighted by Crippen LogP contribution is 2.44. The van der Waals surface area contributed by atoms with Gasteiger partial charge in [0.25, 0.3) is 5.91 Å². The lowest BCUT2D eigenvalue weighted by Crippen LogP contribution is -2.64. The summed E-state index contributed by atoms with van der Waals surface area (Å²) >= 11 is 0. The normalized spacial score (nSPS) is 33.3. The SMILES string of the molecule is Nc1ccc(C(=O)N2C[C@H]3C[C@@H](C2)[C@H](CC2CCCCC2)N2CCCC[C@@H]32)cn1. The van der Waals surface area contributed by atoms with Crippen LogP contribution in [-0.2, 0) is 0 Å². The van der Waals surface area contributed by atoms with E-state index in [-0.39, 0.29) is 5.91 Å². The zero-order valence-electron chi connectivity index (χ0n) is 17.6. The predicted molar refractivity (Wildman–Crippen MR) is 115 cm³/mol. The molecule has 5 rings (SSSR count). The van der Waals surface area contributed by atoms with Gasteiger partial charge in [-0.15, -0.1) is 0 Å². The Hall–Kier alpha value is -1.62. The predicted octanol–water partition coefficient (Wildman–Crippen LogP) is 3.95. The molecule has 1 aromatic rings. The van der Waals surface area contributed by atoms with Crippen LogP contribution in [0.4, 0.5) is 5.82 Å². The van der Waals surface area contributed by atoms with E-state index >= 15 is 0 Å². The first-order valence-corrected chi connectivity index (χ1v) is 12.0. The maximum absolute atomic E-state index is 13.2. The van der Waals surface area contributed by atoms with Gasteiger partial charge in [-0.1, -0.05) is 38.5 Å². The van der Waals surface area contributed by atoms with Gasteiger partial charge in [0, 0.05) is 31.4 Å². The molecule has 1 amide bonds.